The molecule has 2 heterocycles. The van der Waals surface area contributed by atoms with Crippen LogP contribution in [0.2, 0.25) is 0 Å². The number of imide groups is 1. The van der Waals surface area contributed by atoms with E-state index in [1.807, 2.05) is 55.5 Å². The molecule has 0 radical (unpaired) electrons. The maximum atomic E-state index is 13.9. The van der Waals surface area contributed by atoms with Gasteiger partial charge in [-0.25, -0.2) is 9.96 Å². The number of carbonyl (C=O) groups excluding carboxylic acids is 2. The molecular formula is C30H32N2O6. The van der Waals surface area contributed by atoms with Crippen LogP contribution in [0, 0.1) is 5.92 Å². The highest BCUT2D eigenvalue weighted by Gasteiger charge is 2.60. The second-order valence-electron chi connectivity index (χ2n) is 9.21. The first kappa shape index (κ1) is 25.6. The predicted octanol–water partition coefficient (Wildman–Crippen LogP) is 5.32. The maximum absolute atomic E-state index is 13.9. The quantitative estimate of drug-likeness (QED) is 0.266. The molecular weight excluding hydrogens is 484 g/mol. The molecule has 0 aliphatic carbocycles. The van der Waals surface area contributed by atoms with Gasteiger partial charge in [0.15, 0.2) is 17.6 Å². The Balaban J connectivity index is 1.55. The first-order chi connectivity index (χ1) is 18.6. The molecule has 198 valence electrons. The fourth-order valence-corrected chi connectivity index (χ4v) is 4.98. The predicted molar refractivity (Wildman–Crippen MR) is 144 cm³/mol. The summed E-state index contributed by atoms with van der Waals surface area (Å²) in [6.45, 7) is 5.08. The largest absolute Gasteiger partial charge is 0.497 e. The summed E-state index contributed by atoms with van der Waals surface area (Å²) in [4.78, 5) is 35.0. The molecule has 3 atom stereocenters. The van der Waals surface area contributed by atoms with Crippen LogP contribution in [-0.4, -0.2) is 38.2 Å². The van der Waals surface area contributed by atoms with Crippen molar-refractivity contribution < 1.29 is 28.6 Å². The minimum Gasteiger partial charge on any atom is -0.497 e. The number of fused-ring (bicyclic) bond motifs is 1. The standard InChI is InChI=1S/C30H32N2O6/c1-4-6-17-37-24-16-15-20(18-25(24)36-5-2)27-26-28(38-32(27)21-11-8-7-9-12-21)30(34)31(29(26)33)22-13-10-14-23(19-22)35-3/h7-16,18-19,26-28H,4-6,17H2,1-3H3/t26-,27-,28-/m1/s1. The molecule has 0 saturated carbocycles. The topological polar surface area (TPSA) is 77.5 Å². The number of rotatable bonds is 10. The van der Waals surface area contributed by atoms with Crippen LogP contribution in [0.1, 0.15) is 38.3 Å². The van der Waals surface area contributed by atoms with Crippen molar-refractivity contribution in [1.29, 1.82) is 0 Å². The molecule has 2 aliphatic heterocycles. The van der Waals surface area contributed by atoms with Crippen LogP contribution in [-0.2, 0) is 14.4 Å². The molecule has 2 fully saturated rings. The molecule has 38 heavy (non-hydrogen) atoms. The number of amides is 2. The second-order valence-corrected chi connectivity index (χ2v) is 9.21. The van der Waals surface area contributed by atoms with Crippen LogP contribution in [0.4, 0.5) is 11.4 Å². The first-order valence-electron chi connectivity index (χ1n) is 13.0. The third-order valence-corrected chi connectivity index (χ3v) is 6.80. The molecule has 3 aromatic rings. The highest BCUT2D eigenvalue weighted by atomic mass is 16.7. The van der Waals surface area contributed by atoms with Crippen molar-refractivity contribution in [2.75, 3.05) is 30.3 Å². The summed E-state index contributed by atoms with van der Waals surface area (Å²) in [5.74, 6) is 0.328. The Morgan fingerprint density at radius 2 is 1.63 bits per heavy atom. The summed E-state index contributed by atoms with van der Waals surface area (Å²) in [5, 5.41) is 1.68. The monoisotopic (exact) mass is 516 g/mol. The van der Waals surface area contributed by atoms with Crippen LogP contribution < -0.4 is 24.2 Å². The number of hydrogen-bond acceptors (Lipinski definition) is 7. The summed E-state index contributed by atoms with van der Waals surface area (Å²) < 4.78 is 17.2. The van der Waals surface area contributed by atoms with E-state index < -0.39 is 24.0 Å². The molecule has 8 nitrogen and oxygen atoms in total. The van der Waals surface area contributed by atoms with Gasteiger partial charge in [0.1, 0.15) is 11.7 Å². The fourth-order valence-electron chi connectivity index (χ4n) is 4.98. The molecule has 2 aliphatic rings. The lowest BCUT2D eigenvalue weighted by Crippen LogP contribution is -2.37. The number of ether oxygens (including phenoxy) is 3. The van der Waals surface area contributed by atoms with Crippen LogP contribution in [0.5, 0.6) is 17.2 Å². The number of hydroxylamine groups is 1. The number of nitrogens with zero attached hydrogens (tertiary/aromatic N) is 2. The van der Waals surface area contributed by atoms with E-state index in [9.17, 15) is 9.59 Å². The highest BCUT2D eigenvalue weighted by molar-refractivity contribution is 6.24. The SMILES string of the molecule is CCCCOc1ccc([C@@H]2[C@H]3C(=O)N(c4cccc(OC)c4)C(=O)[C@@H]3ON2c2ccccc2)cc1OCC. The molecule has 2 saturated heterocycles. The first-order valence-corrected chi connectivity index (χ1v) is 13.0. The van der Waals surface area contributed by atoms with Crippen molar-refractivity contribution in [3.63, 3.8) is 0 Å². The lowest BCUT2D eigenvalue weighted by molar-refractivity contribution is -0.126. The number of methoxy groups -OCH3 is 1. The van der Waals surface area contributed by atoms with E-state index in [4.69, 9.17) is 19.0 Å². The number of benzene rings is 3. The van der Waals surface area contributed by atoms with E-state index in [1.54, 1.807) is 36.4 Å². The number of carbonyl (C=O) groups is 2. The Labute approximate surface area is 222 Å². The maximum Gasteiger partial charge on any atom is 0.266 e. The Kier molecular flexibility index (Phi) is 7.51. The molecule has 3 aromatic carbocycles. The zero-order chi connectivity index (χ0) is 26.6. The number of anilines is 2. The minimum atomic E-state index is -0.963. The third kappa shape index (κ3) is 4.67. The third-order valence-electron chi connectivity index (χ3n) is 6.80. The molecule has 0 aromatic heterocycles. The highest BCUT2D eigenvalue weighted by Crippen LogP contribution is 2.49. The molecule has 5 rings (SSSR count). The van der Waals surface area contributed by atoms with Gasteiger partial charge in [-0.3, -0.25) is 14.4 Å². The van der Waals surface area contributed by atoms with Crippen LogP contribution in [0.25, 0.3) is 0 Å². The van der Waals surface area contributed by atoms with Gasteiger partial charge in [0.2, 0.25) is 5.91 Å². The normalized spacial score (nSPS) is 20.6. The summed E-state index contributed by atoms with van der Waals surface area (Å²) in [5.41, 5.74) is 2.00. The van der Waals surface area contributed by atoms with Gasteiger partial charge in [-0.1, -0.05) is 43.7 Å². The smallest absolute Gasteiger partial charge is 0.266 e. The van der Waals surface area contributed by atoms with Gasteiger partial charge in [-0.15, -0.1) is 0 Å². The van der Waals surface area contributed by atoms with Crippen molar-refractivity contribution in [3.05, 3.63) is 78.4 Å². The minimum absolute atomic E-state index is 0.321. The Hall–Kier alpha value is -4.04. The summed E-state index contributed by atoms with van der Waals surface area (Å²) in [6, 6.07) is 21.5. The van der Waals surface area contributed by atoms with Crippen LogP contribution in [0.3, 0.4) is 0 Å². The number of para-hydroxylation sites is 1. The van der Waals surface area contributed by atoms with E-state index >= 15 is 0 Å². The van der Waals surface area contributed by atoms with E-state index in [2.05, 4.69) is 6.92 Å². The van der Waals surface area contributed by atoms with Crippen molar-refractivity contribution in [2.24, 2.45) is 5.92 Å². The van der Waals surface area contributed by atoms with E-state index in [0.29, 0.717) is 36.1 Å². The van der Waals surface area contributed by atoms with Gasteiger partial charge in [-0.05, 0) is 55.3 Å². The number of unbranched alkanes of at least 4 members (excludes halogenated alkanes) is 1. The second kappa shape index (κ2) is 11.1. The lowest BCUT2D eigenvalue weighted by Gasteiger charge is -2.29. The summed E-state index contributed by atoms with van der Waals surface area (Å²) in [7, 11) is 1.55. The molecule has 8 heteroatoms. The zero-order valence-corrected chi connectivity index (χ0v) is 21.8. The molecule has 0 N–H and O–H groups in total. The van der Waals surface area contributed by atoms with E-state index in [1.165, 1.54) is 4.90 Å². The summed E-state index contributed by atoms with van der Waals surface area (Å²) in [6.07, 6.45) is 0.998. The zero-order valence-electron chi connectivity index (χ0n) is 21.8. The van der Waals surface area contributed by atoms with Gasteiger partial charge >= 0.3 is 0 Å². The fraction of sp³-hybridized carbons (Fsp3) is 0.333. The Morgan fingerprint density at radius 1 is 0.842 bits per heavy atom. The lowest BCUT2D eigenvalue weighted by atomic mass is 9.90. The van der Waals surface area contributed by atoms with Crippen molar-refractivity contribution >= 4 is 23.2 Å². The van der Waals surface area contributed by atoms with E-state index in [0.717, 1.165) is 24.1 Å². The van der Waals surface area contributed by atoms with Crippen LogP contribution >= 0.6 is 0 Å². The Morgan fingerprint density at radius 3 is 2.37 bits per heavy atom. The van der Waals surface area contributed by atoms with Crippen LogP contribution in [0.15, 0.2) is 72.8 Å². The van der Waals surface area contributed by atoms with Gasteiger partial charge in [0, 0.05) is 6.07 Å². The van der Waals surface area contributed by atoms with Gasteiger partial charge in [0.25, 0.3) is 5.91 Å². The van der Waals surface area contributed by atoms with Crippen molar-refractivity contribution in [3.8, 4) is 17.2 Å². The van der Waals surface area contributed by atoms with Gasteiger partial charge in [-0.2, -0.15) is 0 Å². The van der Waals surface area contributed by atoms with E-state index in [-0.39, 0.29) is 5.91 Å². The number of hydrogen-bond donors (Lipinski definition) is 0. The Bertz CT molecular complexity index is 1300. The summed E-state index contributed by atoms with van der Waals surface area (Å²) >= 11 is 0. The average Bonchev–Trinajstić information content (AvgIpc) is 3.46. The molecule has 0 bridgehead atoms. The van der Waals surface area contributed by atoms with Crippen molar-refractivity contribution in [2.45, 2.75) is 38.8 Å². The van der Waals surface area contributed by atoms with Gasteiger partial charge in [0.05, 0.1) is 37.7 Å². The average molecular weight is 517 g/mol. The molecule has 2 amide bonds. The van der Waals surface area contributed by atoms with Crippen molar-refractivity contribution in [1.82, 2.24) is 0 Å². The van der Waals surface area contributed by atoms with Gasteiger partial charge < -0.3 is 14.2 Å². The molecule has 0 unspecified atom stereocenters. The molecule has 0 spiro atoms.